The van der Waals surface area contributed by atoms with Crippen LogP contribution in [0.15, 0.2) is 42.5 Å². The van der Waals surface area contributed by atoms with E-state index in [1.54, 1.807) is 0 Å². The zero-order chi connectivity index (χ0) is 21.4. The maximum Gasteiger partial charge on any atom is 0.362 e. The van der Waals surface area contributed by atoms with Crippen molar-refractivity contribution in [1.29, 1.82) is 0 Å². The van der Waals surface area contributed by atoms with Crippen LogP contribution in [-0.2, 0) is 20.9 Å². The lowest BCUT2D eigenvalue weighted by Gasteiger charge is -2.35. The summed E-state index contributed by atoms with van der Waals surface area (Å²) in [5, 5.41) is 3.05. The van der Waals surface area contributed by atoms with E-state index in [1.807, 2.05) is 65.0 Å². The highest BCUT2D eigenvalue weighted by Gasteiger charge is 2.31. The fourth-order valence-electron chi connectivity index (χ4n) is 3.65. The molecule has 0 saturated carbocycles. The van der Waals surface area contributed by atoms with Crippen molar-refractivity contribution in [2.45, 2.75) is 41.2 Å². The second kappa shape index (κ2) is 10.2. The third-order valence-electron chi connectivity index (χ3n) is 5.47. The van der Waals surface area contributed by atoms with Crippen molar-refractivity contribution in [3.8, 4) is 0 Å². The van der Waals surface area contributed by atoms with E-state index in [0.717, 1.165) is 22.4 Å². The Labute approximate surface area is 174 Å². The van der Waals surface area contributed by atoms with Gasteiger partial charge in [0.1, 0.15) is 6.61 Å². The van der Waals surface area contributed by atoms with Crippen LogP contribution in [-0.4, -0.2) is 42.5 Å². The Kier molecular flexibility index (Phi) is 7.97. The molecule has 0 aliphatic heterocycles. The van der Waals surface area contributed by atoms with E-state index in [-0.39, 0.29) is 31.6 Å². The summed E-state index contributed by atoms with van der Waals surface area (Å²) in [5.41, 5.74) is 5.08. The molecule has 0 radical (unpaired) electrons. The van der Waals surface area contributed by atoms with Gasteiger partial charge < -0.3 is 14.5 Å². The number of anilines is 1. The van der Waals surface area contributed by atoms with Crippen LogP contribution in [0.4, 0.5) is 5.69 Å². The predicted molar refractivity (Wildman–Crippen MR) is 117 cm³/mol. The number of esters is 1. The molecule has 0 aliphatic carbocycles. The van der Waals surface area contributed by atoms with Gasteiger partial charge in [-0.25, -0.2) is 4.79 Å². The number of benzene rings is 2. The lowest BCUT2D eigenvalue weighted by atomic mass is 10.1. The number of rotatable bonds is 9. The van der Waals surface area contributed by atoms with Gasteiger partial charge in [-0.15, -0.1) is 0 Å². The first kappa shape index (κ1) is 22.6. The van der Waals surface area contributed by atoms with Crippen LogP contribution in [0.3, 0.4) is 0 Å². The normalized spacial score (nSPS) is 11.2. The number of quaternary nitrogens is 1. The standard InChI is InChI=1S/C24H32N2O3/c1-6-26(7-2,16-23(28)29-17-21-11-9-8-10-12-21)15-22(27)25-24-19(4)13-18(3)14-20(24)5/h8-14H,6-7,15-17H2,1-5H3/p+1. The van der Waals surface area contributed by atoms with Gasteiger partial charge >= 0.3 is 5.97 Å². The smallest absolute Gasteiger partial charge is 0.362 e. The minimum absolute atomic E-state index is 0.0837. The fourth-order valence-corrected chi connectivity index (χ4v) is 3.65. The van der Waals surface area contributed by atoms with Crippen LogP contribution in [0, 0.1) is 20.8 Å². The molecule has 0 fully saturated rings. The fraction of sp³-hybridized carbons (Fsp3) is 0.417. The molecule has 29 heavy (non-hydrogen) atoms. The predicted octanol–water partition coefficient (Wildman–Crippen LogP) is 4.15. The van der Waals surface area contributed by atoms with Crippen LogP contribution in [0.2, 0.25) is 0 Å². The summed E-state index contributed by atoms with van der Waals surface area (Å²) in [5.74, 6) is -0.368. The molecule has 2 aromatic rings. The highest BCUT2D eigenvalue weighted by atomic mass is 16.5. The minimum Gasteiger partial charge on any atom is -0.457 e. The molecule has 1 amide bonds. The van der Waals surface area contributed by atoms with E-state index >= 15 is 0 Å². The Hall–Kier alpha value is -2.66. The molecule has 156 valence electrons. The summed E-state index contributed by atoms with van der Waals surface area (Å²) >= 11 is 0. The highest BCUT2D eigenvalue weighted by Crippen LogP contribution is 2.22. The van der Waals surface area contributed by atoms with Crippen LogP contribution in [0.1, 0.15) is 36.1 Å². The summed E-state index contributed by atoms with van der Waals surface area (Å²) in [6.45, 7) is 12.1. The Morgan fingerprint density at radius 2 is 1.52 bits per heavy atom. The molecule has 5 nitrogen and oxygen atoms in total. The molecule has 1 N–H and O–H groups in total. The number of carbonyl (C=O) groups is 2. The molecule has 0 atom stereocenters. The number of nitrogens with zero attached hydrogens (tertiary/aromatic N) is 1. The Bertz CT molecular complexity index is 819. The number of nitrogens with one attached hydrogen (secondary N) is 1. The zero-order valence-corrected chi connectivity index (χ0v) is 18.2. The first-order valence-corrected chi connectivity index (χ1v) is 10.2. The summed E-state index contributed by atoms with van der Waals surface area (Å²) in [4.78, 5) is 25.3. The first-order chi connectivity index (χ1) is 13.8. The SMILES string of the molecule is CC[N+](CC)(CC(=O)Nc1c(C)cc(C)cc1C)CC(=O)OCc1ccccc1. The van der Waals surface area contributed by atoms with Crippen molar-refractivity contribution in [2.24, 2.45) is 0 Å². The number of hydrogen-bond acceptors (Lipinski definition) is 3. The maximum absolute atomic E-state index is 12.8. The number of carbonyl (C=O) groups excluding carboxylic acids is 2. The molecule has 0 heterocycles. The molecular weight excluding hydrogens is 364 g/mol. The molecule has 0 unspecified atom stereocenters. The summed E-state index contributed by atoms with van der Waals surface area (Å²) in [7, 11) is 0. The Morgan fingerprint density at radius 1 is 0.931 bits per heavy atom. The van der Waals surface area contributed by atoms with Crippen molar-refractivity contribution in [3.05, 3.63) is 64.7 Å². The first-order valence-electron chi connectivity index (χ1n) is 10.2. The Balaban J connectivity index is 2.01. The molecule has 5 heteroatoms. The van der Waals surface area contributed by atoms with E-state index in [4.69, 9.17) is 4.74 Å². The van der Waals surface area contributed by atoms with Gasteiger partial charge in [0, 0.05) is 5.69 Å². The van der Waals surface area contributed by atoms with Gasteiger partial charge in [0.2, 0.25) is 0 Å². The van der Waals surface area contributed by atoms with E-state index in [1.165, 1.54) is 5.56 Å². The Morgan fingerprint density at radius 3 is 2.07 bits per heavy atom. The summed E-state index contributed by atoms with van der Waals surface area (Å²) in [6.07, 6.45) is 0. The second-order valence-corrected chi connectivity index (χ2v) is 7.76. The zero-order valence-electron chi connectivity index (χ0n) is 18.2. The van der Waals surface area contributed by atoms with Crippen molar-refractivity contribution >= 4 is 17.6 Å². The summed E-state index contributed by atoms with van der Waals surface area (Å²) in [6, 6.07) is 13.7. The minimum atomic E-state index is -0.284. The van der Waals surface area contributed by atoms with Crippen molar-refractivity contribution < 1.29 is 18.8 Å². The van der Waals surface area contributed by atoms with Gasteiger partial charge in [-0.05, 0) is 51.3 Å². The maximum atomic E-state index is 12.8. The average molecular weight is 398 g/mol. The molecule has 0 aliphatic rings. The van der Waals surface area contributed by atoms with Crippen LogP contribution < -0.4 is 5.32 Å². The van der Waals surface area contributed by atoms with E-state index in [9.17, 15) is 9.59 Å². The molecule has 2 aromatic carbocycles. The van der Waals surface area contributed by atoms with Gasteiger partial charge in [-0.2, -0.15) is 0 Å². The number of amides is 1. The molecule has 0 saturated heterocycles. The van der Waals surface area contributed by atoms with E-state index < -0.39 is 0 Å². The average Bonchev–Trinajstić information content (AvgIpc) is 2.69. The van der Waals surface area contributed by atoms with Crippen LogP contribution in [0.5, 0.6) is 0 Å². The number of ether oxygens (including phenoxy) is 1. The largest absolute Gasteiger partial charge is 0.457 e. The number of likely N-dealkylation sites (N-methyl/N-ethyl adjacent to an activating group) is 1. The quantitative estimate of drug-likeness (QED) is 0.511. The van der Waals surface area contributed by atoms with Gasteiger partial charge in [-0.3, -0.25) is 4.79 Å². The molecule has 2 rings (SSSR count). The van der Waals surface area contributed by atoms with Crippen LogP contribution in [0.25, 0.3) is 0 Å². The van der Waals surface area contributed by atoms with Gasteiger partial charge in [-0.1, -0.05) is 48.0 Å². The molecule has 0 aromatic heterocycles. The lowest BCUT2D eigenvalue weighted by Crippen LogP contribution is -2.55. The monoisotopic (exact) mass is 397 g/mol. The molecule has 0 bridgehead atoms. The van der Waals surface area contributed by atoms with Gasteiger partial charge in [0.15, 0.2) is 13.1 Å². The van der Waals surface area contributed by atoms with Gasteiger partial charge in [0.25, 0.3) is 5.91 Å². The van der Waals surface area contributed by atoms with Crippen molar-refractivity contribution in [3.63, 3.8) is 0 Å². The number of aryl methyl sites for hydroxylation is 3. The van der Waals surface area contributed by atoms with Crippen molar-refractivity contribution in [2.75, 3.05) is 31.5 Å². The summed E-state index contributed by atoms with van der Waals surface area (Å²) < 4.78 is 5.82. The van der Waals surface area contributed by atoms with Gasteiger partial charge in [0.05, 0.1) is 13.1 Å². The topological polar surface area (TPSA) is 55.4 Å². The molecule has 0 spiro atoms. The van der Waals surface area contributed by atoms with E-state index in [0.29, 0.717) is 17.6 Å². The third-order valence-corrected chi connectivity index (χ3v) is 5.47. The van der Waals surface area contributed by atoms with Crippen LogP contribution >= 0.6 is 0 Å². The lowest BCUT2D eigenvalue weighted by molar-refractivity contribution is -0.910. The third kappa shape index (κ3) is 6.43. The molecular formula is C24H33N2O3+. The van der Waals surface area contributed by atoms with Crippen molar-refractivity contribution in [1.82, 2.24) is 0 Å². The second-order valence-electron chi connectivity index (χ2n) is 7.76. The highest BCUT2D eigenvalue weighted by molar-refractivity contribution is 5.93. The van der Waals surface area contributed by atoms with E-state index in [2.05, 4.69) is 17.4 Å². The number of hydrogen-bond donors (Lipinski definition) is 1.